The molecule has 1 amide bonds. The number of nitrogens with zero attached hydrogens (tertiary/aromatic N) is 2. The third kappa shape index (κ3) is 9.30. The van der Waals surface area contributed by atoms with Gasteiger partial charge >= 0.3 is 6.09 Å². The van der Waals surface area contributed by atoms with Gasteiger partial charge in [0.15, 0.2) is 5.29 Å². The van der Waals surface area contributed by atoms with Crippen molar-refractivity contribution in [1.29, 1.82) is 0 Å². The number of hydrogen-bond donors (Lipinski definition) is 2. The third-order valence-electron chi connectivity index (χ3n) is 3.20. The molecule has 0 aliphatic carbocycles. The van der Waals surface area contributed by atoms with Gasteiger partial charge in [0, 0.05) is 26.7 Å². The van der Waals surface area contributed by atoms with E-state index in [2.05, 4.69) is 20.5 Å². The van der Waals surface area contributed by atoms with Crippen molar-refractivity contribution >= 4 is 23.0 Å². The monoisotopic (exact) mass is 364 g/mol. The maximum atomic E-state index is 11.8. The molecule has 0 saturated heterocycles. The number of ether oxygens (including phenoxy) is 2. The van der Waals surface area contributed by atoms with Crippen LogP contribution in [0.3, 0.4) is 0 Å². The van der Waals surface area contributed by atoms with E-state index in [4.69, 9.17) is 21.1 Å². The molecule has 2 N–H and O–H groups in total. The van der Waals surface area contributed by atoms with E-state index in [0.29, 0.717) is 25.0 Å². The molecule has 0 aliphatic heterocycles. The Labute approximate surface area is 151 Å². The van der Waals surface area contributed by atoms with Crippen LogP contribution in [0.5, 0.6) is 0 Å². The Bertz CT molecular complexity index is 422. The highest BCUT2D eigenvalue weighted by atomic mass is 35.5. The largest absolute Gasteiger partial charge is 0.444 e. The molecule has 0 aromatic rings. The summed E-state index contributed by atoms with van der Waals surface area (Å²) in [5, 5.41) is 6.16. The first-order valence-electron chi connectivity index (χ1n) is 8.19. The fourth-order valence-corrected chi connectivity index (χ4v) is 2.43. The predicted octanol–water partition coefficient (Wildman–Crippen LogP) is 2.75. The van der Waals surface area contributed by atoms with Crippen molar-refractivity contribution in [2.45, 2.75) is 66.0 Å². The highest BCUT2D eigenvalue weighted by Gasteiger charge is 2.31. The van der Waals surface area contributed by atoms with Crippen molar-refractivity contribution in [3.05, 3.63) is 0 Å². The molecule has 142 valence electrons. The van der Waals surface area contributed by atoms with Crippen LogP contribution in [-0.2, 0) is 9.47 Å². The van der Waals surface area contributed by atoms with E-state index in [0.717, 1.165) is 0 Å². The molecule has 8 heteroatoms. The number of amidine groups is 1. The van der Waals surface area contributed by atoms with E-state index < -0.39 is 17.4 Å². The zero-order chi connectivity index (χ0) is 19.0. The maximum absolute atomic E-state index is 11.8. The number of nitrogens with one attached hydrogen (secondary N) is 2. The van der Waals surface area contributed by atoms with Crippen LogP contribution >= 0.6 is 11.6 Å². The molecule has 0 aliphatic rings. The van der Waals surface area contributed by atoms with E-state index in [9.17, 15) is 4.79 Å². The lowest BCUT2D eigenvalue weighted by Crippen LogP contribution is -2.58. The van der Waals surface area contributed by atoms with Crippen LogP contribution in [0.2, 0.25) is 0 Å². The standard InChI is InChI=1S/C16H33ClN4O3/c1-9-23-16(6,7)21(12(2)20-13(17)18-8)11-10-19-14(22)24-15(3,4)5/h12H,9-11H2,1-8H3,(H,18,20)(H,19,22). The number of carbonyl (C=O) groups excluding carboxylic acids is 1. The van der Waals surface area contributed by atoms with E-state index in [-0.39, 0.29) is 6.17 Å². The number of halogens is 1. The lowest BCUT2D eigenvalue weighted by molar-refractivity contribution is -0.144. The number of hydrogen-bond acceptors (Lipinski definition) is 5. The highest BCUT2D eigenvalue weighted by Crippen LogP contribution is 2.18. The Kier molecular flexibility index (Phi) is 9.62. The van der Waals surface area contributed by atoms with E-state index in [1.54, 1.807) is 7.05 Å². The van der Waals surface area contributed by atoms with Gasteiger partial charge in [0.1, 0.15) is 11.3 Å². The Balaban J connectivity index is 4.81. The van der Waals surface area contributed by atoms with Crippen molar-refractivity contribution < 1.29 is 14.3 Å². The first-order chi connectivity index (χ1) is 10.9. The molecule has 0 aromatic carbocycles. The van der Waals surface area contributed by atoms with Crippen molar-refractivity contribution in [3.8, 4) is 0 Å². The second-order valence-electron chi connectivity index (χ2n) is 6.84. The van der Waals surface area contributed by atoms with Gasteiger partial charge in [-0.05, 0) is 60.1 Å². The Morgan fingerprint density at radius 3 is 2.33 bits per heavy atom. The maximum Gasteiger partial charge on any atom is 0.407 e. The number of carbonyl (C=O) groups is 1. The summed E-state index contributed by atoms with van der Waals surface area (Å²) in [5.74, 6) is 0. The molecule has 0 radical (unpaired) electrons. The summed E-state index contributed by atoms with van der Waals surface area (Å²) in [6, 6.07) is 0. The lowest BCUT2D eigenvalue weighted by atomic mass is 10.2. The topological polar surface area (TPSA) is 75.2 Å². The van der Waals surface area contributed by atoms with Crippen LogP contribution < -0.4 is 10.6 Å². The number of rotatable bonds is 8. The van der Waals surface area contributed by atoms with Crippen molar-refractivity contribution in [2.24, 2.45) is 4.99 Å². The van der Waals surface area contributed by atoms with Crippen molar-refractivity contribution in [1.82, 2.24) is 15.5 Å². The first-order valence-corrected chi connectivity index (χ1v) is 8.57. The molecule has 7 nitrogen and oxygen atoms in total. The quantitative estimate of drug-likeness (QED) is 0.300. The number of alkyl carbamates (subject to hydrolysis) is 1. The average Bonchev–Trinajstić information content (AvgIpc) is 2.40. The zero-order valence-electron chi connectivity index (χ0n) is 16.2. The van der Waals surface area contributed by atoms with Crippen molar-refractivity contribution in [3.63, 3.8) is 0 Å². The molecule has 0 fully saturated rings. The molecular formula is C16H33ClN4O3. The average molecular weight is 365 g/mol. The fraction of sp³-hybridized carbons (Fsp3) is 0.875. The van der Waals surface area contributed by atoms with Gasteiger partial charge in [-0.3, -0.25) is 9.89 Å². The van der Waals surface area contributed by atoms with Crippen LogP contribution in [-0.4, -0.2) is 60.5 Å². The minimum atomic E-state index is -0.540. The van der Waals surface area contributed by atoms with Gasteiger partial charge in [0.05, 0.1) is 6.17 Å². The summed E-state index contributed by atoms with van der Waals surface area (Å²) in [4.78, 5) is 17.7. The summed E-state index contributed by atoms with van der Waals surface area (Å²) >= 11 is 5.97. The highest BCUT2D eigenvalue weighted by molar-refractivity contribution is 6.64. The summed E-state index contributed by atoms with van der Waals surface area (Å²) in [5.41, 5.74) is -1.06. The smallest absolute Gasteiger partial charge is 0.407 e. The zero-order valence-corrected chi connectivity index (χ0v) is 17.0. The summed E-state index contributed by atoms with van der Waals surface area (Å²) < 4.78 is 11.1. The molecule has 0 bridgehead atoms. The fourth-order valence-electron chi connectivity index (χ4n) is 2.27. The summed E-state index contributed by atoms with van der Waals surface area (Å²) in [6.45, 7) is 14.9. The van der Waals surface area contributed by atoms with Crippen LogP contribution in [0.1, 0.15) is 48.5 Å². The van der Waals surface area contributed by atoms with E-state index in [1.807, 2.05) is 48.5 Å². The molecular weight excluding hydrogens is 332 g/mol. The van der Waals surface area contributed by atoms with Crippen LogP contribution in [0.4, 0.5) is 4.79 Å². The van der Waals surface area contributed by atoms with Gasteiger partial charge in [-0.15, -0.1) is 0 Å². The minimum Gasteiger partial charge on any atom is -0.444 e. The van der Waals surface area contributed by atoms with Gasteiger partial charge in [0.25, 0.3) is 0 Å². The Morgan fingerprint density at radius 1 is 1.29 bits per heavy atom. The minimum absolute atomic E-state index is 0.136. The van der Waals surface area contributed by atoms with E-state index in [1.165, 1.54) is 0 Å². The predicted molar refractivity (Wildman–Crippen MR) is 98.5 cm³/mol. The molecule has 0 aromatic heterocycles. The normalized spacial score (nSPS) is 14.5. The van der Waals surface area contributed by atoms with Gasteiger partial charge in [-0.1, -0.05) is 0 Å². The molecule has 1 unspecified atom stereocenters. The second kappa shape index (κ2) is 10.1. The van der Waals surface area contributed by atoms with Gasteiger partial charge < -0.3 is 20.1 Å². The molecule has 0 saturated carbocycles. The third-order valence-corrected chi connectivity index (χ3v) is 3.48. The van der Waals surface area contributed by atoms with Gasteiger partial charge in [0.2, 0.25) is 0 Å². The molecule has 0 heterocycles. The van der Waals surface area contributed by atoms with Crippen LogP contribution in [0, 0.1) is 0 Å². The van der Waals surface area contributed by atoms with Gasteiger partial charge in [-0.25, -0.2) is 4.79 Å². The Hall–Kier alpha value is -1.05. The van der Waals surface area contributed by atoms with Crippen LogP contribution in [0.15, 0.2) is 4.99 Å². The summed E-state index contributed by atoms with van der Waals surface area (Å²) in [6.07, 6.45) is -0.575. The van der Waals surface area contributed by atoms with Gasteiger partial charge in [-0.2, -0.15) is 0 Å². The molecule has 24 heavy (non-hydrogen) atoms. The van der Waals surface area contributed by atoms with E-state index >= 15 is 0 Å². The SMILES string of the molecule is CCOC(C)(C)N(CCNC(=O)OC(C)(C)C)C(C)NC(Cl)=NC. The molecule has 0 rings (SSSR count). The summed E-state index contributed by atoms with van der Waals surface area (Å²) in [7, 11) is 1.62. The van der Waals surface area contributed by atoms with Crippen molar-refractivity contribution in [2.75, 3.05) is 26.7 Å². The Morgan fingerprint density at radius 2 is 1.88 bits per heavy atom. The number of aliphatic imine (C=N–C) groups is 1. The lowest BCUT2D eigenvalue weighted by Gasteiger charge is -2.42. The number of amides is 1. The van der Waals surface area contributed by atoms with Crippen LogP contribution in [0.25, 0.3) is 0 Å². The molecule has 1 atom stereocenters. The first kappa shape index (κ1) is 22.9. The second-order valence-corrected chi connectivity index (χ2v) is 7.19. The molecule has 0 spiro atoms.